The summed E-state index contributed by atoms with van der Waals surface area (Å²) in [4.78, 5) is 16.6. The number of ether oxygens (including phenoxy) is 1. The molecule has 0 saturated carbocycles. The van der Waals surface area contributed by atoms with Crippen LogP contribution in [0.4, 0.5) is 18.9 Å². The molecule has 1 amide bonds. The first kappa shape index (κ1) is 16.8. The van der Waals surface area contributed by atoms with Crippen molar-refractivity contribution in [3.63, 3.8) is 0 Å². The van der Waals surface area contributed by atoms with Crippen molar-refractivity contribution in [1.82, 2.24) is 0 Å². The molecule has 0 spiro atoms. The molecule has 0 saturated heterocycles. The minimum atomic E-state index is -4.77. The van der Waals surface area contributed by atoms with Gasteiger partial charge in [0.1, 0.15) is 12.4 Å². The smallest absolute Gasteiger partial charge is 0.417 e. The van der Waals surface area contributed by atoms with Gasteiger partial charge in [0.05, 0.1) is 28.9 Å². The number of hydrogen-bond acceptors (Lipinski definition) is 4. The average molecular weight is 350 g/mol. The summed E-state index contributed by atoms with van der Waals surface area (Å²) in [6, 6.07) is 9.26. The number of nitrogens with zero attached hydrogens (tertiary/aromatic N) is 1. The van der Waals surface area contributed by atoms with Gasteiger partial charge in [-0.3, -0.25) is 4.79 Å². The normalized spacial score (nSPS) is 14.0. The van der Waals surface area contributed by atoms with Gasteiger partial charge in [-0.15, -0.1) is 0 Å². The van der Waals surface area contributed by atoms with Crippen molar-refractivity contribution in [1.29, 1.82) is 0 Å². The highest BCUT2D eigenvalue weighted by Crippen LogP contribution is 2.36. The molecular formula is C17H13F3N2O3. The molecule has 0 unspecified atom stereocenters. The Labute approximate surface area is 140 Å². The average Bonchev–Trinajstić information content (AvgIpc) is 3.08. The van der Waals surface area contributed by atoms with E-state index in [-0.39, 0.29) is 5.69 Å². The summed E-state index contributed by atoms with van der Waals surface area (Å²) < 4.78 is 44.7. The molecule has 8 heteroatoms. The SMILES string of the molecule is O=C(Nc1ccccc1C1=NCCO1)c1c(O)cccc1C(F)(F)F. The number of carbonyl (C=O) groups excluding carboxylic acids is 1. The van der Waals surface area contributed by atoms with Crippen LogP contribution in [0, 0.1) is 0 Å². The molecule has 2 N–H and O–H groups in total. The highest BCUT2D eigenvalue weighted by molar-refractivity contribution is 6.11. The number of anilines is 1. The van der Waals surface area contributed by atoms with Gasteiger partial charge >= 0.3 is 6.18 Å². The first-order valence-electron chi connectivity index (χ1n) is 7.35. The van der Waals surface area contributed by atoms with Crippen molar-refractivity contribution >= 4 is 17.5 Å². The van der Waals surface area contributed by atoms with Crippen LogP contribution in [-0.4, -0.2) is 30.1 Å². The molecule has 130 valence electrons. The van der Waals surface area contributed by atoms with E-state index in [1.54, 1.807) is 18.2 Å². The third kappa shape index (κ3) is 3.42. The van der Waals surface area contributed by atoms with Crippen LogP contribution in [0.25, 0.3) is 0 Å². The zero-order valence-corrected chi connectivity index (χ0v) is 12.8. The molecule has 1 aliphatic heterocycles. The maximum Gasteiger partial charge on any atom is 0.417 e. The van der Waals surface area contributed by atoms with Crippen molar-refractivity contribution in [3.8, 4) is 5.75 Å². The fourth-order valence-corrected chi connectivity index (χ4v) is 2.48. The number of carbonyl (C=O) groups is 1. The van der Waals surface area contributed by atoms with Crippen LogP contribution in [0.15, 0.2) is 47.5 Å². The van der Waals surface area contributed by atoms with Crippen molar-refractivity contribution < 1.29 is 27.8 Å². The zero-order valence-electron chi connectivity index (χ0n) is 12.8. The van der Waals surface area contributed by atoms with Gasteiger partial charge < -0.3 is 15.2 Å². The molecule has 0 fully saturated rings. The second-order valence-corrected chi connectivity index (χ2v) is 5.23. The van der Waals surface area contributed by atoms with E-state index in [9.17, 15) is 23.1 Å². The van der Waals surface area contributed by atoms with E-state index < -0.39 is 29.0 Å². The molecule has 0 atom stereocenters. The van der Waals surface area contributed by atoms with Crippen molar-refractivity contribution in [2.75, 3.05) is 18.5 Å². The van der Waals surface area contributed by atoms with Gasteiger partial charge in [-0.25, -0.2) is 4.99 Å². The highest BCUT2D eigenvalue weighted by Gasteiger charge is 2.36. The summed E-state index contributed by atoms with van der Waals surface area (Å²) >= 11 is 0. The number of phenolic OH excluding ortho intramolecular Hbond substituents is 1. The molecule has 0 aromatic heterocycles. The first-order chi connectivity index (χ1) is 11.9. The van der Waals surface area contributed by atoms with E-state index in [0.29, 0.717) is 24.6 Å². The lowest BCUT2D eigenvalue weighted by molar-refractivity contribution is -0.138. The van der Waals surface area contributed by atoms with Crippen LogP contribution < -0.4 is 5.32 Å². The third-order valence-corrected chi connectivity index (χ3v) is 3.57. The lowest BCUT2D eigenvalue weighted by atomic mass is 10.0. The fourth-order valence-electron chi connectivity index (χ4n) is 2.48. The van der Waals surface area contributed by atoms with Crippen LogP contribution in [0.1, 0.15) is 21.5 Å². The number of para-hydroxylation sites is 1. The van der Waals surface area contributed by atoms with Crippen molar-refractivity contribution in [2.45, 2.75) is 6.18 Å². The summed E-state index contributed by atoms with van der Waals surface area (Å²) in [5.74, 6) is -1.51. The van der Waals surface area contributed by atoms with Gasteiger partial charge in [0.2, 0.25) is 5.90 Å². The van der Waals surface area contributed by atoms with E-state index in [1.165, 1.54) is 6.07 Å². The number of hydrogen-bond donors (Lipinski definition) is 2. The number of benzene rings is 2. The van der Waals surface area contributed by atoms with E-state index in [4.69, 9.17) is 4.74 Å². The van der Waals surface area contributed by atoms with E-state index in [2.05, 4.69) is 10.3 Å². The zero-order chi connectivity index (χ0) is 18.0. The number of halogens is 3. The fraction of sp³-hybridized carbons (Fsp3) is 0.176. The number of amides is 1. The Morgan fingerprint density at radius 1 is 1.16 bits per heavy atom. The molecule has 2 aromatic rings. The molecule has 25 heavy (non-hydrogen) atoms. The molecule has 2 aromatic carbocycles. The number of alkyl halides is 3. The molecule has 1 heterocycles. The Morgan fingerprint density at radius 3 is 2.60 bits per heavy atom. The Hall–Kier alpha value is -3.03. The quantitative estimate of drug-likeness (QED) is 0.891. The number of aromatic hydroxyl groups is 1. The Balaban J connectivity index is 1.97. The number of aliphatic imine (C=N–C) groups is 1. The third-order valence-electron chi connectivity index (χ3n) is 3.57. The maximum absolute atomic E-state index is 13.1. The van der Waals surface area contributed by atoms with Gasteiger partial charge in [-0.2, -0.15) is 13.2 Å². The maximum atomic E-state index is 13.1. The minimum absolute atomic E-state index is 0.240. The first-order valence-corrected chi connectivity index (χ1v) is 7.35. The van der Waals surface area contributed by atoms with Crippen LogP contribution in [0.5, 0.6) is 5.75 Å². The summed E-state index contributed by atoms with van der Waals surface area (Å²) in [7, 11) is 0. The summed E-state index contributed by atoms with van der Waals surface area (Å²) in [5.41, 5.74) is -1.35. The van der Waals surface area contributed by atoms with Crippen LogP contribution >= 0.6 is 0 Å². The van der Waals surface area contributed by atoms with Gasteiger partial charge in [0.25, 0.3) is 5.91 Å². The lowest BCUT2D eigenvalue weighted by Gasteiger charge is -2.15. The van der Waals surface area contributed by atoms with Gasteiger partial charge in [-0.05, 0) is 24.3 Å². The van der Waals surface area contributed by atoms with Crippen molar-refractivity contribution in [2.24, 2.45) is 4.99 Å². The monoisotopic (exact) mass is 350 g/mol. The summed E-state index contributed by atoms with van der Waals surface area (Å²) in [5, 5.41) is 12.2. The highest BCUT2D eigenvalue weighted by atomic mass is 19.4. The molecule has 1 aliphatic rings. The topological polar surface area (TPSA) is 70.9 Å². The second-order valence-electron chi connectivity index (χ2n) is 5.23. The van der Waals surface area contributed by atoms with Crippen LogP contribution in [0.3, 0.4) is 0 Å². The summed E-state index contributed by atoms with van der Waals surface area (Å²) in [6.07, 6.45) is -4.77. The van der Waals surface area contributed by atoms with E-state index in [1.807, 2.05) is 0 Å². The van der Waals surface area contributed by atoms with E-state index in [0.717, 1.165) is 18.2 Å². The molecule has 5 nitrogen and oxygen atoms in total. The Morgan fingerprint density at radius 2 is 1.92 bits per heavy atom. The summed E-state index contributed by atoms with van der Waals surface area (Å²) in [6.45, 7) is 0.866. The number of phenols is 1. The standard InChI is InChI=1S/C17H13F3N2O3/c18-17(19,20)11-5-3-7-13(23)14(11)15(24)22-12-6-2-1-4-10(12)16-21-8-9-25-16/h1-7,23H,8-9H2,(H,22,24). The van der Waals surface area contributed by atoms with Crippen LogP contribution in [0.2, 0.25) is 0 Å². The molecule has 3 rings (SSSR count). The largest absolute Gasteiger partial charge is 0.507 e. The van der Waals surface area contributed by atoms with E-state index >= 15 is 0 Å². The van der Waals surface area contributed by atoms with Gasteiger partial charge in [-0.1, -0.05) is 18.2 Å². The minimum Gasteiger partial charge on any atom is -0.507 e. The Bertz CT molecular complexity index is 847. The molecule has 0 radical (unpaired) electrons. The molecular weight excluding hydrogens is 337 g/mol. The number of rotatable bonds is 3. The molecule has 0 aliphatic carbocycles. The van der Waals surface area contributed by atoms with Gasteiger partial charge in [0, 0.05) is 0 Å². The molecule has 0 bridgehead atoms. The number of nitrogens with one attached hydrogen (secondary N) is 1. The second kappa shape index (κ2) is 6.46. The Kier molecular flexibility index (Phi) is 4.35. The lowest BCUT2D eigenvalue weighted by Crippen LogP contribution is -2.20. The predicted octanol–water partition coefficient (Wildman–Crippen LogP) is 3.44. The predicted molar refractivity (Wildman–Crippen MR) is 84.9 cm³/mol. The van der Waals surface area contributed by atoms with Crippen LogP contribution in [-0.2, 0) is 10.9 Å². The van der Waals surface area contributed by atoms with Gasteiger partial charge in [0.15, 0.2) is 0 Å². The van der Waals surface area contributed by atoms with Crippen molar-refractivity contribution in [3.05, 3.63) is 59.2 Å².